The predicted octanol–water partition coefficient (Wildman–Crippen LogP) is 4.72. The zero-order valence-electron chi connectivity index (χ0n) is 25.5. The van der Waals surface area contributed by atoms with Gasteiger partial charge in [0.2, 0.25) is 11.8 Å². The highest BCUT2D eigenvalue weighted by atomic mass is 16.5. The molecule has 1 saturated heterocycles. The summed E-state index contributed by atoms with van der Waals surface area (Å²) in [5.74, 6) is -0.0701. The van der Waals surface area contributed by atoms with E-state index in [0.29, 0.717) is 22.9 Å². The molecule has 3 heterocycles. The maximum atomic E-state index is 14.1. The van der Waals surface area contributed by atoms with Crippen LogP contribution in [-0.4, -0.2) is 78.5 Å². The summed E-state index contributed by atoms with van der Waals surface area (Å²) in [5, 5.41) is 13.7. The van der Waals surface area contributed by atoms with E-state index in [-0.39, 0.29) is 30.9 Å². The molecule has 234 valence electrons. The zero-order chi connectivity index (χ0) is 30.7. The van der Waals surface area contributed by atoms with E-state index < -0.39 is 36.2 Å². The third kappa shape index (κ3) is 6.91. The molecule has 2 N–H and O–H groups in total. The van der Waals surface area contributed by atoms with Crippen LogP contribution in [0.4, 0.5) is 4.79 Å². The molecule has 11 nitrogen and oxygen atoms in total. The molecule has 11 heteroatoms. The monoisotopic (exact) mass is 597 g/mol. The molecule has 2 aromatic rings. The van der Waals surface area contributed by atoms with Crippen molar-refractivity contribution in [3.8, 4) is 17.4 Å². The van der Waals surface area contributed by atoms with Gasteiger partial charge in [-0.15, -0.1) is 0 Å². The number of methoxy groups -OCH3 is 2. The van der Waals surface area contributed by atoms with Crippen LogP contribution in [0.15, 0.2) is 18.2 Å². The normalized spacial score (nSPS) is 25.3. The first kappa shape index (κ1) is 30.7. The van der Waals surface area contributed by atoms with Crippen LogP contribution in [0.2, 0.25) is 0 Å². The molecular weight excluding hydrogens is 554 g/mol. The van der Waals surface area contributed by atoms with Crippen molar-refractivity contribution in [3.05, 3.63) is 23.8 Å². The highest BCUT2D eigenvalue weighted by Crippen LogP contribution is 2.37. The molecule has 1 saturated carbocycles. The molecule has 1 aliphatic carbocycles. The van der Waals surface area contributed by atoms with Gasteiger partial charge in [-0.2, -0.15) is 0 Å². The van der Waals surface area contributed by atoms with E-state index in [9.17, 15) is 19.5 Å². The number of hydrogen-bond acceptors (Lipinski definition) is 8. The summed E-state index contributed by atoms with van der Waals surface area (Å²) in [6.07, 6.45) is 5.72. The van der Waals surface area contributed by atoms with E-state index in [1.54, 1.807) is 13.2 Å². The Bertz CT molecular complexity index is 1360. The average Bonchev–Trinajstić information content (AvgIpc) is 3.42. The van der Waals surface area contributed by atoms with E-state index in [1.807, 2.05) is 26.0 Å². The van der Waals surface area contributed by atoms with Crippen LogP contribution in [-0.2, 0) is 20.7 Å². The van der Waals surface area contributed by atoms with Crippen LogP contribution >= 0.6 is 0 Å². The lowest BCUT2D eigenvalue weighted by molar-refractivity contribution is -0.149. The van der Waals surface area contributed by atoms with Crippen LogP contribution < -0.4 is 19.5 Å². The van der Waals surface area contributed by atoms with E-state index >= 15 is 0 Å². The molecule has 2 aliphatic heterocycles. The quantitative estimate of drug-likeness (QED) is 0.513. The minimum Gasteiger partial charge on any atom is -0.496 e. The number of amides is 2. The number of cyclic esters (lactones) is 1. The van der Waals surface area contributed by atoms with Gasteiger partial charge in [0, 0.05) is 23.9 Å². The fourth-order valence-electron chi connectivity index (χ4n) is 6.66. The van der Waals surface area contributed by atoms with Gasteiger partial charge < -0.3 is 34.3 Å². The number of aryl methyl sites for hydroxylation is 1. The Kier molecular flexibility index (Phi) is 9.17. The number of rotatable bonds is 4. The number of nitrogens with one attached hydrogen (secondary N) is 1. The molecule has 5 rings (SSSR count). The lowest BCUT2D eigenvalue weighted by atomic mass is 9.83. The van der Waals surface area contributed by atoms with Crippen molar-refractivity contribution in [2.45, 2.75) is 89.8 Å². The Balaban J connectivity index is 1.55. The number of carboxylic acids is 1. The topological polar surface area (TPSA) is 137 Å². The number of carbonyl (C=O) groups excluding carboxylic acids is 2. The number of alkyl carbamates (subject to hydrolysis) is 1. The molecule has 3 atom stereocenters. The zero-order valence-corrected chi connectivity index (χ0v) is 25.5. The molecular formula is C32H43N3O8. The van der Waals surface area contributed by atoms with Crippen molar-refractivity contribution in [2.75, 3.05) is 27.4 Å². The highest BCUT2D eigenvalue weighted by Gasteiger charge is 2.45. The van der Waals surface area contributed by atoms with E-state index in [1.165, 1.54) is 12.0 Å². The van der Waals surface area contributed by atoms with Gasteiger partial charge in [-0.25, -0.2) is 14.6 Å². The van der Waals surface area contributed by atoms with Gasteiger partial charge in [0.05, 0.1) is 32.9 Å². The maximum absolute atomic E-state index is 14.1. The van der Waals surface area contributed by atoms with Crippen LogP contribution in [0.3, 0.4) is 0 Å². The summed E-state index contributed by atoms with van der Waals surface area (Å²) >= 11 is 0. The molecule has 2 amide bonds. The molecule has 1 aromatic heterocycles. The minimum atomic E-state index is -1.11. The number of hydrogen-bond donors (Lipinski definition) is 2. The van der Waals surface area contributed by atoms with Crippen LogP contribution in [0.1, 0.15) is 70.8 Å². The van der Waals surface area contributed by atoms with Gasteiger partial charge in [0.25, 0.3) is 0 Å². The minimum absolute atomic E-state index is 0.0674. The van der Waals surface area contributed by atoms with E-state index in [2.05, 4.69) is 10.3 Å². The number of carbonyl (C=O) groups is 3. The fourth-order valence-corrected chi connectivity index (χ4v) is 6.66. The summed E-state index contributed by atoms with van der Waals surface area (Å²) in [4.78, 5) is 45.5. The standard InChI is InChI=1S/C32H43N3O8/c1-32(2)12-8-11-20-13-22-23(15-25(20)40-3)33-27(41-4)16-26(22)43-21-14-24(30(37)38)35(17-21)29(36)28(34-31(39)42-18-32)19-9-6-5-7-10-19/h13,15-16,19,21,24,28H,5-12,14,17-18H2,1-4H3,(H,34,39)(H,37,38)/t21-,24-,28-/m0/s1. The predicted molar refractivity (Wildman–Crippen MR) is 159 cm³/mol. The summed E-state index contributed by atoms with van der Waals surface area (Å²) in [5.41, 5.74) is 1.29. The molecule has 43 heavy (non-hydrogen) atoms. The molecule has 4 bridgehead atoms. The fraction of sp³-hybridized carbons (Fsp3) is 0.625. The lowest BCUT2D eigenvalue weighted by Crippen LogP contribution is -2.55. The SMILES string of the molecule is COc1cc2c3cc(c(OC)cc3n1)CCCC(C)(C)COC(=O)N[C@@H](C1CCCCC1)C(=O)N1C[C@H](C[C@H]1C(=O)O)O2. The molecule has 0 radical (unpaired) electrons. The molecule has 0 unspecified atom stereocenters. The lowest BCUT2D eigenvalue weighted by Gasteiger charge is -2.34. The molecule has 2 fully saturated rings. The highest BCUT2D eigenvalue weighted by molar-refractivity contribution is 5.91. The first-order valence-corrected chi connectivity index (χ1v) is 15.3. The van der Waals surface area contributed by atoms with Gasteiger partial charge in [-0.05, 0) is 55.1 Å². The second-order valence-electron chi connectivity index (χ2n) is 12.8. The van der Waals surface area contributed by atoms with E-state index in [4.69, 9.17) is 18.9 Å². The Morgan fingerprint density at radius 1 is 1.09 bits per heavy atom. The maximum Gasteiger partial charge on any atom is 0.407 e. The van der Waals surface area contributed by atoms with Crippen molar-refractivity contribution in [3.63, 3.8) is 0 Å². The van der Waals surface area contributed by atoms with Gasteiger partial charge in [-0.1, -0.05) is 33.1 Å². The Morgan fingerprint density at radius 3 is 2.56 bits per heavy atom. The Hall–Kier alpha value is -3.76. The van der Waals surface area contributed by atoms with E-state index in [0.717, 1.165) is 62.3 Å². The number of aliphatic carboxylic acids is 1. The smallest absolute Gasteiger partial charge is 0.407 e. The number of ether oxygens (including phenoxy) is 4. The van der Waals surface area contributed by atoms with Crippen molar-refractivity contribution >= 4 is 28.9 Å². The Morgan fingerprint density at radius 2 is 1.86 bits per heavy atom. The third-order valence-electron chi connectivity index (χ3n) is 9.04. The number of nitrogens with zero attached hydrogens (tertiary/aromatic N) is 2. The van der Waals surface area contributed by atoms with Crippen LogP contribution in [0.5, 0.6) is 17.4 Å². The summed E-state index contributed by atoms with van der Waals surface area (Å²) in [6, 6.07) is 3.60. The second-order valence-corrected chi connectivity index (χ2v) is 12.8. The van der Waals surface area contributed by atoms with Crippen LogP contribution in [0, 0.1) is 11.3 Å². The largest absolute Gasteiger partial charge is 0.496 e. The molecule has 1 aromatic carbocycles. The average molecular weight is 598 g/mol. The molecule has 0 spiro atoms. The van der Waals surface area contributed by atoms with Crippen LogP contribution in [0.25, 0.3) is 10.9 Å². The second kappa shape index (κ2) is 12.9. The summed E-state index contributed by atoms with van der Waals surface area (Å²) in [7, 11) is 3.14. The Labute approximate surface area is 252 Å². The summed E-state index contributed by atoms with van der Waals surface area (Å²) < 4.78 is 23.3. The van der Waals surface area contributed by atoms with Gasteiger partial charge in [-0.3, -0.25) is 4.79 Å². The first-order valence-electron chi connectivity index (χ1n) is 15.3. The summed E-state index contributed by atoms with van der Waals surface area (Å²) in [6.45, 7) is 4.34. The van der Waals surface area contributed by atoms with Crippen molar-refractivity contribution in [1.29, 1.82) is 0 Å². The van der Waals surface area contributed by atoms with Gasteiger partial charge in [0.15, 0.2) is 0 Å². The van der Waals surface area contributed by atoms with Crippen molar-refractivity contribution < 1.29 is 38.4 Å². The van der Waals surface area contributed by atoms with Gasteiger partial charge in [0.1, 0.15) is 29.7 Å². The number of carboxylic acid groups (broad SMARTS) is 1. The number of fused-ring (bicyclic) bond motifs is 3. The number of pyridine rings is 1. The number of aromatic nitrogens is 1. The third-order valence-corrected chi connectivity index (χ3v) is 9.04. The molecule has 3 aliphatic rings. The van der Waals surface area contributed by atoms with Gasteiger partial charge >= 0.3 is 12.1 Å². The van der Waals surface area contributed by atoms with Crippen molar-refractivity contribution in [1.82, 2.24) is 15.2 Å². The number of benzene rings is 1. The first-order chi connectivity index (χ1) is 20.6. The van der Waals surface area contributed by atoms with Crippen molar-refractivity contribution in [2.24, 2.45) is 11.3 Å².